The highest BCUT2D eigenvalue weighted by Gasteiger charge is 2.21. The van der Waals surface area contributed by atoms with Gasteiger partial charge in [0.1, 0.15) is 6.61 Å². The third-order valence-corrected chi connectivity index (χ3v) is 6.89. The fourth-order valence-corrected chi connectivity index (χ4v) is 5.08. The quantitative estimate of drug-likeness (QED) is 0.209. The van der Waals surface area contributed by atoms with Crippen LogP contribution in [0.1, 0.15) is 15.2 Å². The summed E-state index contributed by atoms with van der Waals surface area (Å²) in [5.74, 6) is 1.59. The first-order valence-corrected chi connectivity index (χ1v) is 12.7. The molecular formula is C24H26N8O5S. The standard InChI is InChI=1S/C24H26N8O5S/c1-31(24-26-12-16(13-27-24)23(34)30-35)14-17-10-18-20(38-17)22(32-4-7-36-8-5-32)29-21(28-18)15-2-3-19(25-11-15)37-9-6-33/h2-3,10-13,33,35H,4-9,14H2,1H3,(H,30,34). The van der Waals surface area contributed by atoms with Gasteiger partial charge < -0.3 is 24.4 Å². The van der Waals surface area contributed by atoms with Crippen molar-refractivity contribution in [2.75, 3.05) is 56.4 Å². The van der Waals surface area contributed by atoms with Crippen LogP contribution in [0.15, 0.2) is 36.8 Å². The first kappa shape index (κ1) is 25.7. The van der Waals surface area contributed by atoms with E-state index in [1.807, 2.05) is 24.1 Å². The van der Waals surface area contributed by atoms with E-state index in [1.54, 1.807) is 29.1 Å². The highest BCUT2D eigenvalue weighted by Crippen LogP contribution is 2.35. The SMILES string of the molecule is CN(Cc1cc2nc(-c3ccc(OCCO)nc3)nc(N3CCOCC3)c2s1)c1ncc(C(=O)NO)cn1. The van der Waals surface area contributed by atoms with Gasteiger partial charge in [0.25, 0.3) is 5.91 Å². The number of aliphatic hydroxyl groups is 1. The Hall–Kier alpha value is -3.98. The largest absolute Gasteiger partial charge is 0.475 e. The van der Waals surface area contributed by atoms with Gasteiger partial charge in [0.2, 0.25) is 11.8 Å². The average Bonchev–Trinajstić information content (AvgIpc) is 3.38. The second kappa shape index (κ2) is 11.6. The maximum Gasteiger partial charge on any atom is 0.277 e. The summed E-state index contributed by atoms with van der Waals surface area (Å²) in [5, 5.41) is 17.7. The molecule has 5 rings (SSSR count). The summed E-state index contributed by atoms with van der Waals surface area (Å²) in [6.07, 6.45) is 4.38. The number of carbonyl (C=O) groups excluding carboxylic acids is 1. The van der Waals surface area contributed by atoms with E-state index in [0.717, 1.165) is 39.6 Å². The number of carbonyl (C=O) groups is 1. The van der Waals surface area contributed by atoms with E-state index < -0.39 is 5.91 Å². The van der Waals surface area contributed by atoms with Crippen LogP contribution in [0, 0.1) is 0 Å². The van der Waals surface area contributed by atoms with Crippen LogP contribution in [0.5, 0.6) is 5.88 Å². The van der Waals surface area contributed by atoms with Crippen molar-refractivity contribution in [1.82, 2.24) is 30.4 Å². The van der Waals surface area contributed by atoms with Crippen LogP contribution in [0.25, 0.3) is 21.6 Å². The molecule has 1 amide bonds. The Morgan fingerprint density at radius 1 is 1.18 bits per heavy atom. The Morgan fingerprint density at radius 3 is 2.66 bits per heavy atom. The third kappa shape index (κ3) is 5.62. The summed E-state index contributed by atoms with van der Waals surface area (Å²) in [7, 11) is 1.86. The lowest BCUT2D eigenvalue weighted by Gasteiger charge is -2.28. The van der Waals surface area contributed by atoms with Gasteiger partial charge in [0.05, 0.1) is 42.1 Å². The van der Waals surface area contributed by atoms with Gasteiger partial charge in [-0.3, -0.25) is 10.0 Å². The molecule has 0 bridgehead atoms. The Balaban J connectivity index is 1.44. The monoisotopic (exact) mass is 538 g/mol. The van der Waals surface area contributed by atoms with Crippen molar-refractivity contribution in [3.05, 3.63) is 47.2 Å². The predicted molar refractivity (Wildman–Crippen MR) is 140 cm³/mol. The number of nitrogens with one attached hydrogen (secondary N) is 1. The molecule has 1 fully saturated rings. The molecule has 4 aromatic rings. The number of aliphatic hydroxyl groups excluding tert-OH is 1. The van der Waals surface area contributed by atoms with Crippen LogP contribution >= 0.6 is 11.3 Å². The maximum atomic E-state index is 11.5. The maximum absolute atomic E-state index is 11.5. The number of aromatic nitrogens is 5. The molecule has 3 N–H and O–H groups in total. The van der Waals surface area contributed by atoms with Gasteiger partial charge in [-0.2, -0.15) is 0 Å². The van der Waals surface area contributed by atoms with Crippen LogP contribution in [0.3, 0.4) is 0 Å². The van der Waals surface area contributed by atoms with Crippen LogP contribution in [-0.4, -0.2) is 87.7 Å². The normalized spacial score (nSPS) is 13.5. The Bertz CT molecular complexity index is 1390. The van der Waals surface area contributed by atoms with Crippen LogP contribution in [-0.2, 0) is 11.3 Å². The Labute approximate surface area is 221 Å². The first-order valence-electron chi connectivity index (χ1n) is 11.9. The summed E-state index contributed by atoms with van der Waals surface area (Å²) in [6, 6.07) is 5.62. The van der Waals surface area contributed by atoms with Crippen molar-refractivity contribution >= 4 is 39.2 Å². The number of rotatable bonds is 9. The minimum absolute atomic E-state index is 0.0832. The summed E-state index contributed by atoms with van der Waals surface area (Å²) < 4.78 is 11.9. The van der Waals surface area contributed by atoms with E-state index in [1.165, 1.54) is 12.4 Å². The number of ether oxygens (including phenoxy) is 2. The van der Waals surface area contributed by atoms with E-state index in [2.05, 4.69) is 19.9 Å². The zero-order valence-electron chi connectivity index (χ0n) is 20.6. The first-order chi connectivity index (χ1) is 18.6. The molecule has 0 aromatic carbocycles. The lowest BCUT2D eigenvalue weighted by atomic mass is 10.2. The van der Waals surface area contributed by atoms with Gasteiger partial charge in [-0.05, 0) is 12.1 Å². The van der Waals surface area contributed by atoms with E-state index in [4.69, 9.17) is 29.8 Å². The third-order valence-electron chi connectivity index (χ3n) is 5.79. The molecule has 0 radical (unpaired) electrons. The average molecular weight is 539 g/mol. The van der Waals surface area contributed by atoms with Crippen LogP contribution < -0.4 is 20.0 Å². The molecule has 1 saturated heterocycles. The molecule has 198 valence electrons. The number of thiophene rings is 1. The van der Waals surface area contributed by atoms with Crippen LogP contribution in [0.2, 0.25) is 0 Å². The summed E-state index contributed by atoms with van der Waals surface area (Å²) in [5.41, 5.74) is 3.30. The minimum atomic E-state index is -0.670. The Kier molecular flexibility index (Phi) is 7.83. The fraction of sp³-hybridized carbons (Fsp3) is 0.333. The van der Waals surface area contributed by atoms with Crippen molar-refractivity contribution in [2.24, 2.45) is 0 Å². The van der Waals surface area contributed by atoms with Crippen molar-refractivity contribution in [3.8, 4) is 17.3 Å². The number of fused-ring (bicyclic) bond motifs is 1. The molecule has 0 atom stereocenters. The summed E-state index contributed by atoms with van der Waals surface area (Å²) in [6.45, 7) is 3.32. The second-order valence-corrected chi connectivity index (χ2v) is 9.56. The summed E-state index contributed by atoms with van der Waals surface area (Å²) >= 11 is 1.61. The lowest BCUT2D eigenvalue weighted by Crippen LogP contribution is -2.36. The van der Waals surface area contributed by atoms with Crippen molar-refractivity contribution in [1.29, 1.82) is 0 Å². The van der Waals surface area contributed by atoms with Gasteiger partial charge in [-0.15, -0.1) is 11.3 Å². The van der Waals surface area contributed by atoms with Crippen molar-refractivity contribution < 1.29 is 24.6 Å². The second-order valence-electron chi connectivity index (χ2n) is 8.42. The number of morpholine rings is 1. The van der Waals surface area contributed by atoms with Crippen molar-refractivity contribution in [2.45, 2.75) is 6.54 Å². The van der Waals surface area contributed by atoms with Crippen molar-refractivity contribution in [3.63, 3.8) is 0 Å². The van der Waals surface area contributed by atoms with Gasteiger partial charge >= 0.3 is 0 Å². The van der Waals surface area contributed by atoms with Gasteiger partial charge in [0, 0.05) is 55.2 Å². The molecule has 0 saturated carbocycles. The summed E-state index contributed by atoms with van der Waals surface area (Å²) in [4.78, 5) is 39.2. The van der Waals surface area contributed by atoms with Gasteiger partial charge in [0.15, 0.2) is 11.6 Å². The number of hydroxylamine groups is 1. The zero-order valence-corrected chi connectivity index (χ0v) is 21.4. The number of nitrogens with zero attached hydrogens (tertiary/aromatic N) is 7. The molecule has 38 heavy (non-hydrogen) atoms. The van der Waals surface area contributed by atoms with Gasteiger partial charge in [-0.1, -0.05) is 0 Å². The molecule has 1 aliphatic rings. The smallest absolute Gasteiger partial charge is 0.277 e. The minimum Gasteiger partial charge on any atom is -0.475 e. The van der Waals surface area contributed by atoms with E-state index in [9.17, 15) is 4.79 Å². The molecule has 0 aliphatic carbocycles. The zero-order chi connectivity index (χ0) is 26.5. The van der Waals surface area contributed by atoms with E-state index in [-0.39, 0.29) is 18.8 Å². The molecule has 0 spiro atoms. The highest BCUT2D eigenvalue weighted by molar-refractivity contribution is 7.19. The molecule has 1 aliphatic heterocycles. The number of pyridine rings is 1. The molecule has 13 nitrogen and oxygen atoms in total. The number of hydrogen-bond donors (Lipinski definition) is 3. The molecule has 0 unspecified atom stereocenters. The molecule has 14 heteroatoms. The van der Waals surface area contributed by atoms with E-state index >= 15 is 0 Å². The van der Waals surface area contributed by atoms with E-state index in [0.29, 0.717) is 37.4 Å². The number of anilines is 2. The Morgan fingerprint density at radius 2 is 1.97 bits per heavy atom. The topological polar surface area (TPSA) is 159 Å². The number of hydrogen-bond acceptors (Lipinski definition) is 13. The highest BCUT2D eigenvalue weighted by atomic mass is 32.1. The van der Waals surface area contributed by atoms with Crippen LogP contribution in [0.4, 0.5) is 11.8 Å². The predicted octanol–water partition coefficient (Wildman–Crippen LogP) is 1.51. The molecule has 4 aromatic heterocycles. The van der Waals surface area contributed by atoms with Gasteiger partial charge in [-0.25, -0.2) is 30.4 Å². The fourth-order valence-electron chi connectivity index (χ4n) is 3.91. The molecule has 5 heterocycles. The molecular weight excluding hydrogens is 512 g/mol. The number of amides is 1. The lowest BCUT2D eigenvalue weighted by molar-refractivity contribution is 0.0705.